The van der Waals surface area contributed by atoms with Crippen molar-refractivity contribution in [3.8, 4) is 0 Å². The van der Waals surface area contributed by atoms with E-state index in [1.165, 1.54) is 70.6 Å². The first-order valence-corrected chi connectivity index (χ1v) is 11.4. The molecule has 0 atom stereocenters. The predicted molar refractivity (Wildman–Crippen MR) is 114 cm³/mol. The minimum atomic E-state index is -0.0435. The first-order chi connectivity index (χ1) is 13.1. The molecule has 0 rings (SSSR count). The van der Waals surface area contributed by atoms with Crippen LogP contribution in [0.15, 0.2) is 0 Å². The van der Waals surface area contributed by atoms with Gasteiger partial charge >= 0.3 is 11.9 Å². The van der Waals surface area contributed by atoms with Gasteiger partial charge in [0.2, 0.25) is 0 Å². The van der Waals surface area contributed by atoms with Crippen molar-refractivity contribution in [2.75, 3.05) is 13.2 Å². The van der Waals surface area contributed by atoms with Crippen LogP contribution < -0.4 is 0 Å². The minimum absolute atomic E-state index is 0.0407. The summed E-state index contributed by atoms with van der Waals surface area (Å²) >= 11 is 0. The number of carbonyl (C=O) groups is 2. The molecule has 0 bridgehead atoms. The number of unbranched alkanes of at least 4 members (excludes halogenated alkanes) is 11. The summed E-state index contributed by atoms with van der Waals surface area (Å²) in [5.74, 6) is -0.0842. The van der Waals surface area contributed by atoms with Crippen LogP contribution in [0.3, 0.4) is 0 Å². The van der Waals surface area contributed by atoms with Gasteiger partial charge in [0.25, 0.3) is 0 Å². The Morgan fingerprint density at radius 1 is 0.481 bits per heavy atom. The highest BCUT2D eigenvalue weighted by molar-refractivity contribution is 5.69. The molecule has 0 saturated carbocycles. The van der Waals surface area contributed by atoms with E-state index in [1.807, 2.05) is 13.8 Å². The van der Waals surface area contributed by atoms with Crippen molar-refractivity contribution in [1.29, 1.82) is 0 Å². The highest BCUT2D eigenvalue weighted by Gasteiger charge is 2.00. The van der Waals surface area contributed by atoms with E-state index in [0.717, 1.165) is 12.8 Å². The Hall–Kier alpha value is -1.06. The highest BCUT2D eigenvalue weighted by Crippen LogP contribution is 2.09. The maximum Gasteiger partial charge on any atom is 0.305 e. The van der Waals surface area contributed by atoms with Gasteiger partial charge in [-0.1, -0.05) is 84.5 Å². The Bertz CT molecular complexity index is 316. The Morgan fingerprint density at radius 3 is 1.07 bits per heavy atom. The Labute approximate surface area is 168 Å². The molecule has 0 spiro atoms. The maximum atomic E-state index is 11.0. The standard InChI is InChI=1S/C12H24O2.C11H22O2/c1-3-5-6-7-8-9-10-11-12(13)14-4-2;1-3-5-6-7-8-9-10-11(12)13-4-2/h3-11H2,1-2H3;3-10H2,1-2H3. The average molecular weight is 387 g/mol. The molecule has 0 N–H and O–H groups in total. The summed E-state index contributed by atoms with van der Waals surface area (Å²) < 4.78 is 9.68. The molecule has 0 aromatic rings. The van der Waals surface area contributed by atoms with Crippen molar-refractivity contribution in [2.45, 2.75) is 124 Å². The first kappa shape index (κ1) is 28.2. The second-order valence-corrected chi connectivity index (χ2v) is 7.00. The summed E-state index contributed by atoms with van der Waals surface area (Å²) in [4.78, 5) is 21.9. The van der Waals surface area contributed by atoms with Gasteiger partial charge in [0.15, 0.2) is 0 Å². The molecular formula is C23H46O4. The Kier molecular flexibility index (Phi) is 26.0. The molecule has 0 aliphatic heterocycles. The number of carbonyl (C=O) groups excluding carboxylic acids is 2. The third-order valence-corrected chi connectivity index (χ3v) is 4.33. The summed E-state index contributed by atoms with van der Waals surface area (Å²) in [6.45, 7) is 9.14. The number of rotatable bonds is 17. The quantitative estimate of drug-likeness (QED) is 0.200. The summed E-state index contributed by atoms with van der Waals surface area (Å²) in [5.41, 5.74) is 0. The summed E-state index contributed by atoms with van der Waals surface area (Å²) in [5, 5.41) is 0. The fourth-order valence-corrected chi connectivity index (χ4v) is 2.74. The smallest absolute Gasteiger partial charge is 0.305 e. The molecule has 0 aromatic heterocycles. The van der Waals surface area contributed by atoms with Gasteiger partial charge in [0.05, 0.1) is 13.2 Å². The monoisotopic (exact) mass is 386 g/mol. The van der Waals surface area contributed by atoms with Gasteiger partial charge in [-0.15, -0.1) is 0 Å². The molecule has 0 aliphatic carbocycles. The summed E-state index contributed by atoms with van der Waals surface area (Å²) in [7, 11) is 0. The second kappa shape index (κ2) is 24.9. The minimum Gasteiger partial charge on any atom is -0.466 e. The van der Waals surface area contributed by atoms with Crippen molar-refractivity contribution in [3.63, 3.8) is 0 Å². The van der Waals surface area contributed by atoms with Crippen LogP contribution in [-0.2, 0) is 19.1 Å². The zero-order valence-electron chi connectivity index (χ0n) is 18.7. The molecule has 0 fully saturated rings. The molecule has 27 heavy (non-hydrogen) atoms. The van der Waals surface area contributed by atoms with Gasteiger partial charge in [0, 0.05) is 12.8 Å². The first-order valence-electron chi connectivity index (χ1n) is 11.4. The van der Waals surface area contributed by atoms with Gasteiger partial charge in [0.1, 0.15) is 0 Å². The van der Waals surface area contributed by atoms with Crippen LogP contribution in [0.25, 0.3) is 0 Å². The van der Waals surface area contributed by atoms with Gasteiger partial charge in [-0.25, -0.2) is 0 Å². The van der Waals surface area contributed by atoms with Crippen molar-refractivity contribution in [3.05, 3.63) is 0 Å². The molecular weight excluding hydrogens is 340 g/mol. The van der Waals surface area contributed by atoms with E-state index in [4.69, 9.17) is 9.47 Å². The van der Waals surface area contributed by atoms with Crippen molar-refractivity contribution in [1.82, 2.24) is 0 Å². The van der Waals surface area contributed by atoms with E-state index in [-0.39, 0.29) is 11.9 Å². The van der Waals surface area contributed by atoms with Crippen LogP contribution in [0.5, 0.6) is 0 Å². The van der Waals surface area contributed by atoms with Gasteiger partial charge in [-0.05, 0) is 26.7 Å². The van der Waals surface area contributed by atoms with Crippen molar-refractivity contribution in [2.24, 2.45) is 0 Å². The van der Waals surface area contributed by atoms with E-state index in [1.54, 1.807) is 0 Å². The zero-order chi connectivity index (χ0) is 20.6. The molecule has 0 radical (unpaired) electrons. The molecule has 0 heterocycles. The maximum absolute atomic E-state index is 11.0. The zero-order valence-corrected chi connectivity index (χ0v) is 18.7. The lowest BCUT2D eigenvalue weighted by Crippen LogP contribution is -2.03. The SMILES string of the molecule is CCCCCCCCC(=O)OCC.CCCCCCCCCC(=O)OCC. The summed E-state index contributed by atoms with van der Waals surface area (Å²) in [6.07, 6.45) is 17.2. The van der Waals surface area contributed by atoms with E-state index >= 15 is 0 Å². The molecule has 162 valence electrons. The summed E-state index contributed by atoms with van der Waals surface area (Å²) in [6, 6.07) is 0. The largest absolute Gasteiger partial charge is 0.466 e. The van der Waals surface area contributed by atoms with Crippen LogP contribution in [0.4, 0.5) is 0 Å². The third kappa shape index (κ3) is 27.3. The van der Waals surface area contributed by atoms with Crippen LogP contribution in [0, 0.1) is 0 Å². The average Bonchev–Trinajstić information content (AvgIpc) is 2.65. The Morgan fingerprint density at radius 2 is 0.778 bits per heavy atom. The van der Waals surface area contributed by atoms with Gasteiger partial charge in [-0.2, -0.15) is 0 Å². The molecule has 4 heteroatoms. The van der Waals surface area contributed by atoms with Crippen LogP contribution in [0.2, 0.25) is 0 Å². The molecule has 0 aliphatic rings. The van der Waals surface area contributed by atoms with Crippen LogP contribution in [0.1, 0.15) is 124 Å². The predicted octanol–water partition coefficient (Wildman–Crippen LogP) is 6.99. The van der Waals surface area contributed by atoms with Crippen LogP contribution >= 0.6 is 0 Å². The van der Waals surface area contributed by atoms with Gasteiger partial charge < -0.3 is 9.47 Å². The van der Waals surface area contributed by atoms with E-state index in [0.29, 0.717) is 26.1 Å². The molecule has 0 amide bonds. The lowest BCUT2D eigenvalue weighted by molar-refractivity contribution is -0.144. The molecule has 0 aromatic carbocycles. The third-order valence-electron chi connectivity index (χ3n) is 4.33. The number of ether oxygens (including phenoxy) is 2. The number of esters is 2. The van der Waals surface area contributed by atoms with E-state index in [9.17, 15) is 9.59 Å². The van der Waals surface area contributed by atoms with E-state index < -0.39 is 0 Å². The second-order valence-electron chi connectivity index (χ2n) is 7.00. The molecule has 0 saturated heterocycles. The van der Waals surface area contributed by atoms with Crippen molar-refractivity contribution < 1.29 is 19.1 Å². The van der Waals surface area contributed by atoms with Crippen molar-refractivity contribution >= 4 is 11.9 Å². The van der Waals surface area contributed by atoms with Crippen LogP contribution in [-0.4, -0.2) is 25.2 Å². The molecule has 4 nitrogen and oxygen atoms in total. The number of hydrogen-bond donors (Lipinski definition) is 0. The Balaban J connectivity index is 0. The lowest BCUT2D eigenvalue weighted by Gasteiger charge is -2.01. The van der Waals surface area contributed by atoms with E-state index in [2.05, 4.69) is 13.8 Å². The number of hydrogen-bond acceptors (Lipinski definition) is 4. The highest BCUT2D eigenvalue weighted by atomic mass is 16.5. The molecule has 0 unspecified atom stereocenters. The fourth-order valence-electron chi connectivity index (χ4n) is 2.74. The topological polar surface area (TPSA) is 52.6 Å². The normalized spacial score (nSPS) is 10.1. The fraction of sp³-hybridized carbons (Fsp3) is 0.913. The lowest BCUT2D eigenvalue weighted by atomic mass is 10.1. The van der Waals surface area contributed by atoms with Gasteiger partial charge in [-0.3, -0.25) is 9.59 Å².